The van der Waals surface area contributed by atoms with Gasteiger partial charge in [-0.05, 0) is 55.2 Å². The summed E-state index contributed by atoms with van der Waals surface area (Å²) in [6.45, 7) is 11.3. The van der Waals surface area contributed by atoms with Gasteiger partial charge in [0.1, 0.15) is 5.69 Å². The molecule has 0 radical (unpaired) electrons. The number of unbranched alkanes of at least 4 members (excludes halogenated alkanes) is 1. The third kappa shape index (κ3) is 7.71. The number of benzene rings is 2. The summed E-state index contributed by atoms with van der Waals surface area (Å²) in [5, 5.41) is 4.54. The first-order chi connectivity index (χ1) is 21.5. The summed E-state index contributed by atoms with van der Waals surface area (Å²) in [6.07, 6.45) is 7.80. The van der Waals surface area contributed by atoms with Gasteiger partial charge in [0.15, 0.2) is 10.7 Å². The predicted octanol–water partition coefficient (Wildman–Crippen LogP) is 7.89. The SMILES string of the molecule is CCC/C=C(/C=C\NC(C)=NC1C2CNSCC21)c1sc(C(C)(C)C)nc1-c1cccc(N[N+](=O)c2c(F)cccc2P)c1F. The summed E-state index contributed by atoms with van der Waals surface area (Å²) in [7, 11) is 2.33. The number of hydrogen-bond donors (Lipinski definition) is 3. The van der Waals surface area contributed by atoms with Gasteiger partial charge in [0.2, 0.25) is 5.82 Å². The molecule has 1 saturated carbocycles. The highest BCUT2D eigenvalue weighted by molar-refractivity contribution is 7.97. The Morgan fingerprint density at radius 3 is 2.69 bits per heavy atom. The number of hydrogen-bond acceptors (Lipinski definition) is 6. The number of allylic oxidation sites excluding steroid dienone is 3. The van der Waals surface area contributed by atoms with Gasteiger partial charge in [-0.1, -0.05) is 73.5 Å². The Kier molecular flexibility index (Phi) is 10.5. The van der Waals surface area contributed by atoms with Gasteiger partial charge >= 0.3 is 5.69 Å². The lowest BCUT2D eigenvalue weighted by Gasteiger charge is -2.13. The van der Waals surface area contributed by atoms with Crippen LogP contribution in [0, 0.1) is 28.4 Å². The highest BCUT2D eigenvalue weighted by atomic mass is 32.2. The van der Waals surface area contributed by atoms with Crippen molar-refractivity contribution in [1.29, 1.82) is 0 Å². The number of nitrogens with one attached hydrogen (secondary N) is 3. The van der Waals surface area contributed by atoms with Gasteiger partial charge in [0.25, 0.3) is 0 Å². The Morgan fingerprint density at radius 1 is 1.22 bits per heavy atom. The molecule has 5 rings (SSSR count). The molecule has 2 aliphatic rings. The van der Waals surface area contributed by atoms with Crippen LogP contribution >= 0.6 is 32.5 Å². The largest absolute Gasteiger partial charge is 0.351 e. The van der Waals surface area contributed by atoms with Crippen molar-refractivity contribution in [2.75, 3.05) is 17.7 Å². The fourth-order valence-electron chi connectivity index (χ4n) is 5.20. The molecule has 4 atom stereocenters. The van der Waals surface area contributed by atoms with Gasteiger partial charge in [-0.25, -0.2) is 9.37 Å². The van der Waals surface area contributed by atoms with E-state index in [1.807, 2.05) is 19.2 Å². The molecule has 1 aliphatic carbocycles. The number of fused-ring (bicyclic) bond motifs is 1. The number of nitrogens with zero attached hydrogens (tertiary/aromatic N) is 3. The molecule has 4 unspecified atom stereocenters. The number of anilines is 1. The summed E-state index contributed by atoms with van der Waals surface area (Å²) in [5.41, 5.74) is 3.57. The van der Waals surface area contributed by atoms with E-state index in [1.165, 1.54) is 29.5 Å². The third-order valence-corrected chi connectivity index (χ3v) is 10.7. The number of aromatic nitrogens is 1. The van der Waals surface area contributed by atoms with Crippen LogP contribution in [-0.2, 0) is 5.41 Å². The maximum absolute atomic E-state index is 16.2. The number of thiazole rings is 1. The molecule has 2 fully saturated rings. The van der Waals surface area contributed by atoms with Gasteiger partial charge < -0.3 is 5.32 Å². The second-order valence-electron chi connectivity index (χ2n) is 12.3. The zero-order valence-corrected chi connectivity index (χ0v) is 28.9. The summed E-state index contributed by atoms with van der Waals surface area (Å²) < 4.78 is 34.1. The van der Waals surface area contributed by atoms with Crippen LogP contribution in [0.5, 0.6) is 0 Å². The molecular formula is C33H40F2N6OPS2+. The average Bonchev–Trinajstić information content (AvgIpc) is 3.47. The highest BCUT2D eigenvalue weighted by Crippen LogP contribution is 2.46. The zero-order chi connectivity index (χ0) is 32.3. The van der Waals surface area contributed by atoms with Crippen LogP contribution in [0.4, 0.5) is 20.2 Å². The van der Waals surface area contributed by atoms with Crippen LogP contribution in [0.3, 0.4) is 0 Å². The van der Waals surface area contributed by atoms with Gasteiger partial charge in [-0.2, -0.15) is 4.39 Å². The normalized spacial score (nSPS) is 20.3. The van der Waals surface area contributed by atoms with Crippen molar-refractivity contribution in [2.24, 2.45) is 16.8 Å². The Morgan fingerprint density at radius 2 is 2.00 bits per heavy atom. The molecule has 1 aliphatic heterocycles. The lowest BCUT2D eigenvalue weighted by molar-refractivity contribution is -0.429. The summed E-state index contributed by atoms with van der Waals surface area (Å²) in [6, 6.07) is 9.41. The second kappa shape index (κ2) is 14.2. The fraction of sp³-hybridized carbons (Fsp3) is 0.394. The van der Waals surface area contributed by atoms with E-state index in [4.69, 9.17) is 9.98 Å². The van der Waals surface area contributed by atoms with Crippen molar-refractivity contribution in [3.63, 3.8) is 0 Å². The minimum atomic E-state index is -0.712. The molecule has 0 spiro atoms. The zero-order valence-electron chi connectivity index (χ0n) is 26.2. The maximum atomic E-state index is 16.2. The van der Waals surface area contributed by atoms with E-state index in [-0.39, 0.29) is 27.2 Å². The van der Waals surface area contributed by atoms with Crippen molar-refractivity contribution in [3.8, 4) is 11.3 Å². The van der Waals surface area contributed by atoms with Crippen LogP contribution in [0.15, 0.2) is 59.7 Å². The lowest BCUT2D eigenvalue weighted by Crippen LogP contribution is -2.17. The first-order valence-corrected chi connectivity index (χ1v) is 17.5. The van der Waals surface area contributed by atoms with E-state index in [1.54, 1.807) is 30.1 Å². The summed E-state index contributed by atoms with van der Waals surface area (Å²) in [5.74, 6) is 1.86. The minimum absolute atomic E-state index is 0.0798. The quantitative estimate of drug-likeness (QED) is 0.0388. The fourth-order valence-corrected chi connectivity index (χ4v) is 7.79. The van der Waals surface area contributed by atoms with Crippen LogP contribution < -0.4 is 20.8 Å². The number of aliphatic imine (C=N–C) groups is 1. The van der Waals surface area contributed by atoms with Crippen molar-refractivity contribution in [3.05, 3.63) is 81.2 Å². The van der Waals surface area contributed by atoms with Crippen LogP contribution in [0.25, 0.3) is 16.8 Å². The molecule has 2 aromatic carbocycles. The molecule has 238 valence electrons. The van der Waals surface area contributed by atoms with Crippen molar-refractivity contribution in [2.45, 2.75) is 58.9 Å². The van der Waals surface area contributed by atoms with E-state index in [9.17, 15) is 9.30 Å². The Labute approximate surface area is 274 Å². The van der Waals surface area contributed by atoms with Gasteiger partial charge in [-0.3, -0.25) is 9.71 Å². The van der Waals surface area contributed by atoms with Crippen LogP contribution in [0.2, 0.25) is 0 Å². The first kappa shape index (κ1) is 33.4. The number of para-hydroxylation sites is 1. The molecule has 45 heavy (non-hydrogen) atoms. The topological polar surface area (TPSA) is 81.4 Å². The maximum Gasteiger partial charge on any atom is 0.334 e. The molecule has 0 bridgehead atoms. The lowest BCUT2D eigenvalue weighted by atomic mass is 9.98. The minimum Gasteiger partial charge on any atom is -0.351 e. The van der Waals surface area contributed by atoms with Gasteiger partial charge in [0.05, 0.1) is 37.7 Å². The number of rotatable bonds is 10. The number of amidine groups is 1. The van der Waals surface area contributed by atoms with E-state index >= 15 is 4.39 Å². The molecule has 2 heterocycles. The van der Waals surface area contributed by atoms with E-state index in [0.717, 1.165) is 46.4 Å². The number of halogens is 2. The Balaban J connectivity index is 1.46. The predicted molar refractivity (Wildman–Crippen MR) is 188 cm³/mol. The molecule has 3 aromatic rings. The van der Waals surface area contributed by atoms with Crippen molar-refractivity contribution < 1.29 is 13.6 Å². The van der Waals surface area contributed by atoms with Crippen LogP contribution in [0.1, 0.15) is 57.3 Å². The molecule has 0 amide bonds. The second-order valence-corrected chi connectivity index (χ2v) is 14.8. The van der Waals surface area contributed by atoms with Crippen molar-refractivity contribution >= 4 is 60.6 Å². The molecule has 1 aromatic heterocycles. The molecule has 12 heteroatoms. The van der Waals surface area contributed by atoms with E-state index in [0.29, 0.717) is 28.9 Å². The Bertz CT molecular complexity index is 1630. The summed E-state index contributed by atoms with van der Waals surface area (Å²) in [4.78, 5) is 23.9. The standard InChI is InChI=1S/C33H40F2N6OPS2/c1-6-7-10-20(15-16-36-19(2)38-28-22-17-37-44-18-23(22)28)31-29(39-32(45-31)33(3,4)5)21-11-8-13-25(27(21)35)40-41(42)30-24(34)12-9-14-26(30)43/h8-16,22-23,28,37H,6-7,17-18,43H2,1-5H3,(H,36,38)(H,40,42)/q+1/b16-15-,20-10-. The Hall–Kier alpha value is -2.98. The van der Waals surface area contributed by atoms with E-state index < -0.39 is 11.6 Å². The van der Waals surface area contributed by atoms with Crippen molar-refractivity contribution in [1.82, 2.24) is 15.0 Å². The monoisotopic (exact) mass is 669 g/mol. The number of nitroso groups, excluding NO2 is 1. The third-order valence-electron chi connectivity index (χ3n) is 7.76. The highest BCUT2D eigenvalue weighted by Gasteiger charge is 2.51. The first-order valence-electron chi connectivity index (χ1n) is 15.1. The molecule has 7 nitrogen and oxygen atoms in total. The number of hydrazine groups is 1. The average molecular weight is 670 g/mol. The molecule has 1 saturated heterocycles. The summed E-state index contributed by atoms with van der Waals surface area (Å²) >= 11 is 3.31. The smallest absolute Gasteiger partial charge is 0.334 e. The van der Waals surface area contributed by atoms with Gasteiger partial charge in [-0.15, -0.1) is 16.8 Å². The molecular weight excluding hydrogens is 630 g/mol. The van der Waals surface area contributed by atoms with Crippen LogP contribution in [-0.4, -0.2) is 34.0 Å². The van der Waals surface area contributed by atoms with E-state index in [2.05, 4.69) is 58.5 Å². The van der Waals surface area contributed by atoms with Gasteiger partial charge in [0, 0.05) is 35.4 Å². The molecule has 3 N–H and O–H groups in total.